The number of anilines is 1. The van der Waals surface area contributed by atoms with Crippen molar-refractivity contribution in [1.29, 1.82) is 0 Å². The zero-order valence-electron chi connectivity index (χ0n) is 16.3. The van der Waals surface area contributed by atoms with E-state index in [4.69, 9.17) is 9.15 Å². The topological polar surface area (TPSA) is 71.8 Å². The Labute approximate surface area is 163 Å². The van der Waals surface area contributed by atoms with Crippen molar-refractivity contribution in [2.24, 2.45) is 5.92 Å². The van der Waals surface area contributed by atoms with E-state index in [0.29, 0.717) is 23.0 Å². The van der Waals surface area contributed by atoms with E-state index in [2.05, 4.69) is 12.2 Å². The fourth-order valence-corrected chi connectivity index (χ4v) is 4.88. The molecule has 3 rings (SSSR count). The maximum atomic E-state index is 12.5. The third-order valence-corrected chi connectivity index (χ3v) is 5.96. The maximum Gasteiger partial charge on any atom is 0.341 e. The highest BCUT2D eigenvalue weighted by Crippen LogP contribution is 2.40. The second kappa shape index (κ2) is 8.27. The Morgan fingerprint density at radius 2 is 2.19 bits per heavy atom. The summed E-state index contributed by atoms with van der Waals surface area (Å²) in [4.78, 5) is 27.9. The summed E-state index contributed by atoms with van der Waals surface area (Å²) >= 11 is 1.50. The molecule has 0 saturated carbocycles. The van der Waals surface area contributed by atoms with Gasteiger partial charge in [0.15, 0.2) is 0 Å². The molecule has 0 fully saturated rings. The van der Waals surface area contributed by atoms with Crippen molar-refractivity contribution in [3.8, 4) is 0 Å². The van der Waals surface area contributed by atoms with Crippen molar-refractivity contribution in [1.82, 2.24) is 4.90 Å². The van der Waals surface area contributed by atoms with E-state index in [1.807, 2.05) is 31.0 Å². The molecule has 2 aromatic rings. The van der Waals surface area contributed by atoms with E-state index in [0.717, 1.165) is 36.3 Å². The van der Waals surface area contributed by atoms with Crippen molar-refractivity contribution in [2.45, 2.75) is 39.7 Å². The van der Waals surface area contributed by atoms with E-state index in [1.165, 1.54) is 23.3 Å². The van der Waals surface area contributed by atoms with Crippen LogP contribution in [-0.4, -0.2) is 37.5 Å². The molecule has 27 heavy (non-hydrogen) atoms. The van der Waals surface area contributed by atoms with Gasteiger partial charge in [0.05, 0.1) is 25.8 Å². The molecule has 0 aliphatic heterocycles. The number of carbonyl (C=O) groups is 2. The third-order valence-electron chi connectivity index (χ3n) is 4.79. The lowest BCUT2D eigenvalue weighted by Crippen LogP contribution is -2.30. The highest BCUT2D eigenvalue weighted by Gasteiger charge is 2.29. The second-order valence-corrected chi connectivity index (χ2v) is 8.39. The van der Waals surface area contributed by atoms with Crippen molar-refractivity contribution in [3.05, 3.63) is 39.7 Å². The number of methoxy groups -OCH3 is 1. The summed E-state index contributed by atoms with van der Waals surface area (Å²) < 4.78 is 10.5. The number of amides is 1. The molecule has 146 valence electrons. The number of nitrogens with one attached hydrogen (secondary N) is 1. The largest absolute Gasteiger partial charge is 0.465 e. The fourth-order valence-electron chi connectivity index (χ4n) is 3.46. The Kier molecular flexibility index (Phi) is 6.01. The number of hydrogen-bond donors (Lipinski definition) is 1. The van der Waals surface area contributed by atoms with Crippen LogP contribution in [0.15, 0.2) is 16.5 Å². The number of ether oxygens (including phenoxy) is 1. The monoisotopic (exact) mass is 390 g/mol. The van der Waals surface area contributed by atoms with Crippen molar-refractivity contribution < 1.29 is 18.7 Å². The van der Waals surface area contributed by atoms with Crippen LogP contribution < -0.4 is 5.32 Å². The number of thiophene rings is 1. The Bertz CT molecular complexity index is 839. The van der Waals surface area contributed by atoms with Gasteiger partial charge in [0.2, 0.25) is 5.91 Å². The highest BCUT2D eigenvalue weighted by molar-refractivity contribution is 7.17. The molecule has 0 spiro atoms. The van der Waals surface area contributed by atoms with Crippen LogP contribution in [0.25, 0.3) is 0 Å². The number of nitrogens with zero attached hydrogens (tertiary/aromatic N) is 1. The zero-order valence-corrected chi connectivity index (χ0v) is 17.1. The van der Waals surface area contributed by atoms with E-state index >= 15 is 0 Å². The molecule has 1 atom stereocenters. The van der Waals surface area contributed by atoms with Gasteiger partial charge in [-0.2, -0.15) is 0 Å². The first-order valence-electron chi connectivity index (χ1n) is 9.14. The van der Waals surface area contributed by atoms with Crippen molar-refractivity contribution in [2.75, 3.05) is 26.0 Å². The van der Waals surface area contributed by atoms with E-state index in [-0.39, 0.29) is 18.4 Å². The van der Waals surface area contributed by atoms with Gasteiger partial charge in [-0.3, -0.25) is 9.69 Å². The average Bonchev–Trinajstić information content (AvgIpc) is 3.16. The van der Waals surface area contributed by atoms with Gasteiger partial charge in [-0.05, 0) is 56.8 Å². The summed E-state index contributed by atoms with van der Waals surface area (Å²) in [6, 6.07) is 3.82. The van der Waals surface area contributed by atoms with Gasteiger partial charge in [-0.15, -0.1) is 11.3 Å². The first-order chi connectivity index (χ1) is 12.9. The predicted octanol–water partition coefficient (Wildman–Crippen LogP) is 3.63. The summed E-state index contributed by atoms with van der Waals surface area (Å²) in [5.74, 6) is 1.73. The minimum Gasteiger partial charge on any atom is -0.465 e. The molecule has 1 aliphatic rings. The Balaban J connectivity index is 1.70. The number of rotatable bonds is 6. The summed E-state index contributed by atoms with van der Waals surface area (Å²) in [5, 5.41) is 3.53. The van der Waals surface area contributed by atoms with Crippen LogP contribution in [0.4, 0.5) is 5.00 Å². The molecule has 2 heterocycles. The number of aryl methyl sites for hydroxylation is 1. The minimum absolute atomic E-state index is 0.155. The molecule has 2 aromatic heterocycles. The number of fused-ring (bicyclic) bond motifs is 1. The van der Waals surface area contributed by atoms with Crippen LogP contribution in [0.1, 0.15) is 45.7 Å². The van der Waals surface area contributed by atoms with Gasteiger partial charge in [-0.25, -0.2) is 4.79 Å². The van der Waals surface area contributed by atoms with Crippen LogP contribution in [0.3, 0.4) is 0 Å². The molecule has 1 N–H and O–H groups in total. The Morgan fingerprint density at radius 1 is 1.41 bits per heavy atom. The quantitative estimate of drug-likeness (QED) is 0.763. The summed E-state index contributed by atoms with van der Waals surface area (Å²) in [5.41, 5.74) is 1.57. The Hall–Kier alpha value is -2.12. The van der Waals surface area contributed by atoms with Crippen LogP contribution in [-0.2, 0) is 28.9 Å². The van der Waals surface area contributed by atoms with Crippen LogP contribution in [0.2, 0.25) is 0 Å². The van der Waals surface area contributed by atoms with Crippen LogP contribution in [0, 0.1) is 12.8 Å². The molecule has 1 aliphatic carbocycles. The predicted molar refractivity (Wildman–Crippen MR) is 105 cm³/mol. The molecule has 0 bridgehead atoms. The van der Waals surface area contributed by atoms with Gasteiger partial charge < -0.3 is 14.5 Å². The Morgan fingerprint density at radius 3 is 2.85 bits per heavy atom. The molecule has 1 amide bonds. The van der Waals surface area contributed by atoms with Crippen molar-refractivity contribution >= 4 is 28.2 Å². The molecular formula is C20H26N2O4S. The summed E-state index contributed by atoms with van der Waals surface area (Å²) in [7, 11) is 3.24. The summed E-state index contributed by atoms with van der Waals surface area (Å²) in [6.45, 7) is 4.86. The first-order valence-corrected chi connectivity index (χ1v) is 9.95. The molecule has 6 nitrogen and oxygen atoms in total. The van der Waals surface area contributed by atoms with E-state index in [1.54, 1.807) is 0 Å². The van der Waals surface area contributed by atoms with Gasteiger partial charge in [-0.1, -0.05) is 6.92 Å². The fraction of sp³-hybridized carbons (Fsp3) is 0.500. The molecular weight excluding hydrogens is 364 g/mol. The molecule has 0 aromatic carbocycles. The SMILES string of the molecule is COC(=O)c1c(NC(=O)CN(C)Cc2ccc(C)o2)sc2c1CC[C@H](C)C2. The lowest BCUT2D eigenvalue weighted by molar-refractivity contribution is -0.117. The van der Waals surface area contributed by atoms with E-state index in [9.17, 15) is 9.59 Å². The molecule has 0 saturated heterocycles. The van der Waals surface area contributed by atoms with Gasteiger partial charge >= 0.3 is 5.97 Å². The third kappa shape index (κ3) is 4.59. The lowest BCUT2D eigenvalue weighted by atomic mass is 9.88. The number of furan rings is 1. The second-order valence-electron chi connectivity index (χ2n) is 7.28. The molecule has 7 heteroatoms. The maximum absolute atomic E-state index is 12.5. The summed E-state index contributed by atoms with van der Waals surface area (Å²) in [6.07, 6.45) is 2.84. The number of esters is 1. The number of hydrogen-bond acceptors (Lipinski definition) is 6. The smallest absolute Gasteiger partial charge is 0.341 e. The first kappa shape index (κ1) is 19.6. The average molecular weight is 391 g/mol. The van der Waals surface area contributed by atoms with Crippen LogP contribution in [0.5, 0.6) is 0 Å². The highest BCUT2D eigenvalue weighted by atomic mass is 32.1. The van der Waals surface area contributed by atoms with E-state index < -0.39 is 0 Å². The lowest BCUT2D eigenvalue weighted by Gasteiger charge is -2.18. The van der Waals surface area contributed by atoms with Gasteiger partial charge in [0.1, 0.15) is 16.5 Å². The minimum atomic E-state index is -0.378. The zero-order chi connectivity index (χ0) is 19.6. The molecule has 0 unspecified atom stereocenters. The number of likely N-dealkylation sites (N-methyl/N-ethyl adjacent to an activating group) is 1. The molecule has 0 radical (unpaired) electrons. The normalized spacial score (nSPS) is 16.3. The van der Waals surface area contributed by atoms with Gasteiger partial charge in [0.25, 0.3) is 0 Å². The standard InChI is InChI=1S/C20H26N2O4S/c1-12-5-8-15-16(9-12)27-19(18(15)20(24)25-4)21-17(23)11-22(3)10-14-7-6-13(2)26-14/h6-7,12H,5,8-11H2,1-4H3,(H,21,23)/t12-/m0/s1. The van der Waals surface area contributed by atoms with Crippen LogP contribution >= 0.6 is 11.3 Å². The van der Waals surface area contributed by atoms with Crippen molar-refractivity contribution in [3.63, 3.8) is 0 Å². The number of carbonyl (C=O) groups excluding carboxylic acids is 2. The van der Waals surface area contributed by atoms with Gasteiger partial charge in [0, 0.05) is 4.88 Å².